The van der Waals surface area contributed by atoms with Crippen LogP contribution in [-0.2, 0) is 0 Å². The van der Waals surface area contributed by atoms with Gasteiger partial charge < -0.3 is 15.4 Å². The van der Waals surface area contributed by atoms with Crippen LogP contribution in [0.2, 0.25) is 0 Å². The number of hydrogen-bond acceptors (Lipinski definition) is 6. The number of fused-ring (bicyclic) bond motifs is 1. The summed E-state index contributed by atoms with van der Waals surface area (Å²) < 4.78 is 6.18. The molecule has 4 rings (SSSR count). The van der Waals surface area contributed by atoms with Gasteiger partial charge in [0.2, 0.25) is 5.95 Å². The first-order chi connectivity index (χ1) is 12.2. The van der Waals surface area contributed by atoms with E-state index < -0.39 is 0 Å². The molecule has 25 heavy (non-hydrogen) atoms. The summed E-state index contributed by atoms with van der Waals surface area (Å²) in [5.74, 6) is 1.97. The highest BCUT2D eigenvalue weighted by Gasteiger charge is 2.27. The lowest BCUT2D eigenvalue weighted by atomic mass is 10.2. The molecule has 1 aromatic heterocycles. The highest BCUT2D eigenvalue weighted by atomic mass is 79.9. The molecular weight excluding hydrogens is 382 g/mol. The summed E-state index contributed by atoms with van der Waals surface area (Å²) >= 11 is 3.58. The van der Waals surface area contributed by atoms with Crippen LogP contribution in [0.4, 0.5) is 11.8 Å². The summed E-state index contributed by atoms with van der Waals surface area (Å²) in [6.45, 7) is 4.07. The van der Waals surface area contributed by atoms with Crippen molar-refractivity contribution in [2.45, 2.75) is 31.7 Å². The molecular formula is C18H24BrN5O. The molecule has 7 heteroatoms. The van der Waals surface area contributed by atoms with Crippen molar-refractivity contribution in [3.05, 3.63) is 16.6 Å². The Bertz CT molecular complexity index is 770. The maximum Gasteiger partial charge on any atom is 0.228 e. The molecule has 0 amide bonds. The van der Waals surface area contributed by atoms with E-state index in [1.54, 1.807) is 7.11 Å². The van der Waals surface area contributed by atoms with Gasteiger partial charge in [-0.05, 0) is 40.9 Å². The summed E-state index contributed by atoms with van der Waals surface area (Å²) in [6, 6.07) is 4.58. The maximum atomic E-state index is 6.22. The van der Waals surface area contributed by atoms with Gasteiger partial charge in [0.05, 0.1) is 12.6 Å². The van der Waals surface area contributed by atoms with E-state index in [4.69, 9.17) is 15.5 Å². The van der Waals surface area contributed by atoms with Gasteiger partial charge in [-0.25, -0.2) is 4.98 Å². The average Bonchev–Trinajstić information content (AvgIpc) is 3.17. The number of hydrogen-bond donors (Lipinski definition) is 1. The van der Waals surface area contributed by atoms with Gasteiger partial charge in [0, 0.05) is 42.1 Å². The van der Waals surface area contributed by atoms with Crippen molar-refractivity contribution in [1.29, 1.82) is 0 Å². The van der Waals surface area contributed by atoms with E-state index in [-0.39, 0.29) is 0 Å². The molecule has 1 saturated carbocycles. The molecule has 2 aromatic rings. The third-order valence-electron chi connectivity index (χ3n) is 5.42. The number of methoxy groups -OCH3 is 1. The molecule has 134 valence electrons. The molecule has 2 heterocycles. The van der Waals surface area contributed by atoms with Gasteiger partial charge in [-0.1, -0.05) is 12.8 Å². The molecule has 1 aliphatic carbocycles. The molecule has 1 saturated heterocycles. The third-order valence-corrected chi connectivity index (χ3v) is 6.02. The number of piperazine rings is 1. The molecule has 0 radical (unpaired) electrons. The number of anilines is 2. The van der Waals surface area contributed by atoms with Gasteiger partial charge >= 0.3 is 0 Å². The van der Waals surface area contributed by atoms with E-state index in [9.17, 15) is 0 Å². The summed E-state index contributed by atoms with van der Waals surface area (Å²) in [4.78, 5) is 14.2. The minimum absolute atomic E-state index is 0.498. The van der Waals surface area contributed by atoms with E-state index in [0.29, 0.717) is 5.82 Å². The Hall–Kier alpha value is -1.60. The maximum absolute atomic E-state index is 6.22. The number of ether oxygens (including phenoxy) is 1. The summed E-state index contributed by atoms with van der Waals surface area (Å²) in [7, 11) is 1.64. The highest BCUT2D eigenvalue weighted by Crippen LogP contribution is 2.32. The van der Waals surface area contributed by atoms with Crippen molar-refractivity contribution in [3.63, 3.8) is 0 Å². The first-order valence-electron chi connectivity index (χ1n) is 8.95. The molecule has 2 aliphatic rings. The number of benzene rings is 1. The number of nitrogen functional groups attached to an aromatic ring is 1. The van der Waals surface area contributed by atoms with E-state index in [1.165, 1.54) is 25.7 Å². The van der Waals surface area contributed by atoms with E-state index in [1.807, 2.05) is 12.1 Å². The molecule has 0 atom stereocenters. The largest absolute Gasteiger partial charge is 0.497 e. The molecule has 2 N–H and O–H groups in total. The van der Waals surface area contributed by atoms with Gasteiger partial charge in [0.1, 0.15) is 11.6 Å². The van der Waals surface area contributed by atoms with Gasteiger partial charge in [-0.15, -0.1) is 0 Å². The zero-order valence-electron chi connectivity index (χ0n) is 14.5. The number of halogens is 1. The van der Waals surface area contributed by atoms with Crippen LogP contribution in [0.3, 0.4) is 0 Å². The van der Waals surface area contributed by atoms with E-state index in [0.717, 1.165) is 59.3 Å². The summed E-state index contributed by atoms with van der Waals surface area (Å²) in [6.07, 6.45) is 5.47. The normalized spacial score (nSPS) is 19.7. The lowest BCUT2D eigenvalue weighted by molar-refractivity contribution is 0.187. The fourth-order valence-electron chi connectivity index (χ4n) is 3.99. The monoisotopic (exact) mass is 405 g/mol. The van der Waals surface area contributed by atoms with Crippen molar-refractivity contribution < 1.29 is 4.74 Å². The van der Waals surface area contributed by atoms with Crippen LogP contribution >= 0.6 is 15.9 Å². The highest BCUT2D eigenvalue weighted by molar-refractivity contribution is 9.10. The topological polar surface area (TPSA) is 67.5 Å². The van der Waals surface area contributed by atoms with Crippen LogP contribution in [0.15, 0.2) is 16.6 Å². The fraction of sp³-hybridized carbons (Fsp3) is 0.556. The number of nitrogens with zero attached hydrogens (tertiary/aromatic N) is 4. The SMILES string of the molecule is COc1cc(Br)c2nc(N3CCN(C4CCCC4)CC3)nc(N)c2c1. The second-order valence-corrected chi connectivity index (χ2v) is 7.73. The van der Waals surface area contributed by atoms with Crippen molar-refractivity contribution >= 4 is 38.6 Å². The standard InChI is InChI=1S/C18H24BrN5O/c1-25-13-10-14-16(15(19)11-13)21-18(22-17(14)20)24-8-6-23(7-9-24)12-4-2-3-5-12/h10-12H,2-9H2,1H3,(H2,20,21,22). The minimum atomic E-state index is 0.498. The lowest BCUT2D eigenvalue weighted by Gasteiger charge is -2.38. The van der Waals surface area contributed by atoms with Gasteiger partial charge in [-0.3, -0.25) is 4.90 Å². The summed E-state index contributed by atoms with van der Waals surface area (Å²) in [5.41, 5.74) is 7.05. The van der Waals surface area contributed by atoms with Crippen molar-refractivity contribution in [2.24, 2.45) is 0 Å². The van der Waals surface area contributed by atoms with Crippen molar-refractivity contribution in [1.82, 2.24) is 14.9 Å². The van der Waals surface area contributed by atoms with Crippen LogP contribution in [0.1, 0.15) is 25.7 Å². The molecule has 0 bridgehead atoms. The minimum Gasteiger partial charge on any atom is -0.497 e. The van der Waals surface area contributed by atoms with Crippen LogP contribution in [-0.4, -0.2) is 54.2 Å². The second kappa shape index (κ2) is 6.96. The van der Waals surface area contributed by atoms with Gasteiger partial charge in [0.25, 0.3) is 0 Å². The van der Waals surface area contributed by atoms with Crippen LogP contribution in [0.25, 0.3) is 10.9 Å². The number of nitrogens with two attached hydrogens (primary N) is 1. The quantitative estimate of drug-likeness (QED) is 0.845. The van der Waals surface area contributed by atoms with Gasteiger partial charge in [0.15, 0.2) is 0 Å². The predicted octanol–water partition coefficient (Wildman–Crippen LogP) is 3.05. The zero-order valence-corrected chi connectivity index (χ0v) is 16.1. The molecule has 1 aliphatic heterocycles. The fourth-order valence-corrected chi connectivity index (χ4v) is 4.52. The van der Waals surface area contributed by atoms with Crippen LogP contribution in [0, 0.1) is 0 Å². The van der Waals surface area contributed by atoms with Crippen LogP contribution < -0.4 is 15.4 Å². The smallest absolute Gasteiger partial charge is 0.228 e. The third kappa shape index (κ3) is 3.27. The first-order valence-corrected chi connectivity index (χ1v) is 9.75. The second-order valence-electron chi connectivity index (χ2n) is 6.88. The lowest BCUT2D eigenvalue weighted by Crippen LogP contribution is -2.50. The molecule has 1 aromatic carbocycles. The Morgan fingerprint density at radius 2 is 1.84 bits per heavy atom. The molecule has 0 spiro atoms. The number of aromatic nitrogens is 2. The zero-order chi connectivity index (χ0) is 17.4. The molecule has 0 unspecified atom stereocenters. The van der Waals surface area contributed by atoms with E-state index >= 15 is 0 Å². The van der Waals surface area contributed by atoms with E-state index in [2.05, 4.69) is 30.7 Å². The first kappa shape index (κ1) is 16.8. The average molecular weight is 406 g/mol. The van der Waals surface area contributed by atoms with Crippen LogP contribution in [0.5, 0.6) is 5.75 Å². The Labute approximate surface area is 156 Å². The van der Waals surface area contributed by atoms with Crippen molar-refractivity contribution in [3.8, 4) is 5.75 Å². The number of rotatable bonds is 3. The Kier molecular flexibility index (Phi) is 4.69. The Morgan fingerprint density at radius 1 is 1.12 bits per heavy atom. The summed E-state index contributed by atoms with van der Waals surface area (Å²) in [5, 5.41) is 0.819. The molecule has 2 fully saturated rings. The van der Waals surface area contributed by atoms with Gasteiger partial charge in [-0.2, -0.15) is 4.98 Å². The molecule has 6 nitrogen and oxygen atoms in total. The Balaban J connectivity index is 1.57. The Morgan fingerprint density at radius 3 is 2.52 bits per heavy atom. The van der Waals surface area contributed by atoms with Crippen molar-refractivity contribution in [2.75, 3.05) is 43.9 Å². The predicted molar refractivity (Wildman–Crippen MR) is 104 cm³/mol.